The van der Waals surface area contributed by atoms with Crippen LogP contribution >= 0.6 is 0 Å². The van der Waals surface area contributed by atoms with Crippen LogP contribution in [0.15, 0.2) is 24.3 Å². The molecule has 3 atom stereocenters. The van der Waals surface area contributed by atoms with Gasteiger partial charge < -0.3 is 10.2 Å². The molecule has 0 aromatic heterocycles. The third kappa shape index (κ3) is 1.77. The first-order chi connectivity index (χ1) is 9.11. The fourth-order valence-corrected chi connectivity index (χ4v) is 2.92. The molecular formula is C14H15NO4. The van der Waals surface area contributed by atoms with Crippen LogP contribution < -0.4 is 0 Å². The highest BCUT2D eigenvalue weighted by Crippen LogP contribution is 2.31. The second-order valence-electron chi connectivity index (χ2n) is 5.08. The Bertz CT molecular complexity index is 507. The third-order valence-electron chi connectivity index (χ3n) is 3.95. The topological polar surface area (TPSA) is 77.8 Å². The highest BCUT2D eigenvalue weighted by Gasteiger charge is 2.44. The number of hydrogen-bond acceptors (Lipinski definition) is 4. The largest absolute Gasteiger partial charge is 0.390 e. The predicted molar refractivity (Wildman–Crippen MR) is 66.6 cm³/mol. The van der Waals surface area contributed by atoms with Crippen molar-refractivity contribution < 1.29 is 19.8 Å². The molecule has 0 bridgehead atoms. The number of rotatable bonds is 1. The fourth-order valence-electron chi connectivity index (χ4n) is 2.92. The molecule has 1 aliphatic carbocycles. The zero-order chi connectivity index (χ0) is 13.6. The van der Waals surface area contributed by atoms with Crippen LogP contribution in [0.3, 0.4) is 0 Å². The van der Waals surface area contributed by atoms with Gasteiger partial charge in [-0.15, -0.1) is 0 Å². The van der Waals surface area contributed by atoms with Gasteiger partial charge in [0.1, 0.15) is 6.10 Å². The van der Waals surface area contributed by atoms with E-state index in [-0.39, 0.29) is 11.8 Å². The molecule has 5 nitrogen and oxygen atoms in total. The van der Waals surface area contributed by atoms with E-state index in [0.29, 0.717) is 30.4 Å². The molecule has 2 aliphatic rings. The van der Waals surface area contributed by atoms with E-state index >= 15 is 0 Å². The van der Waals surface area contributed by atoms with Crippen molar-refractivity contribution in [3.8, 4) is 0 Å². The molecule has 1 fully saturated rings. The minimum absolute atomic E-state index is 0.375. The maximum Gasteiger partial charge on any atom is 0.261 e. The molecule has 2 unspecified atom stereocenters. The van der Waals surface area contributed by atoms with Gasteiger partial charge in [0, 0.05) is 0 Å². The highest BCUT2D eigenvalue weighted by molar-refractivity contribution is 6.21. The molecule has 5 heteroatoms. The molecule has 2 N–H and O–H groups in total. The number of carbonyl (C=O) groups is 2. The zero-order valence-corrected chi connectivity index (χ0v) is 10.3. The molecule has 19 heavy (non-hydrogen) atoms. The third-order valence-corrected chi connectivity index (χ3v) is 3.95. The number of benzene rings is 1. The first-order valence-corrected chi connectivity index (χ1v) is 6.44. The van der Waals surface area contributed by atoms with E-state index in [4.69, 9.17) is 0 Å². The lowest BCUT2D eigenvalue weighted by molar-refractivity contribution is -0.0506. The van der Waals surface area contributed by atoms with Crippen molar-refractivity contribution in [1.82, 2.24) is 4.90 Å². The maximum absolute atomic E-state index is 12.3. The molecule has 100 valence electrons. The summed E-state index contributed by atoms with van der Waals surface area (Å²) in [5.74, 6) is -0.752. The Labute approximate surface area is 110 Å². The standard InChI is InChI=1S/C14H15NO4/c16-11-7-3-6-10(12(11)17)15-13(18)8-4-1-2-5-9(8)14(15)19/h1-2,4-5,10-12,16-17H,3,6-7H2/t10-,11?,12?/m1/s1. The lowest BCUT2D eigenvalue weighted by Crippen LogP contribution is -2.53. The summed E-state index contributed by atoms with van der Waals surface area (Å²) < 4.78 is 0. The molecule has 1 aromatic carbocycles. The van der Waals surface area contributed by atoms with Crippen molar-refractivity contribution >= 4 is 11.8 Å². The Hall–Kier alpha value is -1.72. The number of carbonyl (C=O) groups excluding carboxylic acids is 2. The number of aliphatic hydroxyl groups is 2. The van der Waals surface area contributed by atoms with E-state index in [1.807, 2.05) is 0 Å². The summed E-state index contributed by atoms with van der Waals surface area (Å²) in [4.78, 5) is 25.7. The second-order valence-corrected chi connectivity index (χ2v) is 5.08. The molecule has 0 saturated heterocycles. The fraction of sp³-hybridized carbons (Fsp3) is 0.429. The number of imide groups is 1. The molecule has 1 saturated carbocycles. The van der Waals surface area contributed by atoms with Gasteiger partial charge in [-0.05, 0) is 31.4 Å². The van der Waals surface area contributed by atoms with E-state index in [9.17, 15) is 19.8 Å². The monoisotopic (exact) mass is 261 g/mol. The highest BCUT2D eigenvalue weighted by atomic mass is 16.3. The predicted octanol–water partition coefficient (Wildman–Crippen LogP) is 0.557. The van der Waals surface area contributed by atoms with Crippen LogP contribution in [0.2, 0.25) is 0 Å². The van der Waals surface area contributed by atoms with Gasteiger partial charge in [0.05, 0.1) is 23.3 Å². The van der Waals surface area contributed by atoms with Gasteiger partial charge in [-0.2, -0.15) is 0 Å². The Morgan fingerprint density at radius 3 is 2.16 bits per heavy atom. The molecule has 1 aromatic rings. The van der Waals surface area contributed by atoms with Crippen LogP contribution in [-0.2, 0) is 0 Å². The normalized spacial score (nSPS) is 30.6. The molecule has 2 amide bonds. The Morgan fingerprint density at radius 1 is 1.00 bits per heavy atom. The van der Waals surface area contributed by atoms with Crippen LogP contribution in [0.4, 0.5) is 0 Å². The van der Waals surface area contributed by atoms with Crippen molar-refractivity contribution in [3.05, 3.63) is 35.4 Å². The van der Waals surface area contributed by atoms with Gasteiger partial charge in [0.25, 0.3) is 11.8 Å². The Kier molecular flexibility index (Phi) is 2.88. The molecule has 3 rings (SSSR count). The SMILES string of the molecule is O=C1c2ccccc2C(=O)N1[C@@H]1CCCC(O)C1O. The maximum atomic E-state index is 12.3. The van der Waals surface area contributed by atoms with Gasteiger partial charge in [-0.25, -0.2) is 0 Å². The first kappa shape index (κ1) is 12.3. The summed E-state index contributed by atoms with van der Waals surface area (Å²) in [5, 5.41) is 19.7. The Balaban J connectivity index is 1.95. The number of amides is 2. The summed E-state index contributed by atoms with van der Waals surface area (Å²) in [6.07, 6.45) is -0.208. The summed E-state index contributed by atoms with van der Waals surface area (Å²) in [6, 6.07) is 6.01. The summed E-state index contributed by atoms with van der Waals surface area (Å²) in [5.41, 5.74) is 0.750. The van der Waals surface area contributed by atoms with Gasteiger partial charge in [0.15, 0.2) is 0 Å². The minimum atomic E-state index is -1.06. The van der Waals surface area contributed by atoms with E-state index in [0.717, 1.165) is 4.90 Å². The van der Waals surface area contributed by atoms with Crippen molar-refractivity contribution in [2.75, 3.05) is 0 Å². The van der Waals surface area contributed by atoms with E-state index < -0.39 is 18.2 Å². The molecule has 1 aliphatic heterocycles. The van der Waals surface area contributed by atoms with Crippen LogP contribution in [-0.4, -0.2) is 45.2 Å². The molecular weight excluding hydrogens is 246 g/mol. The van der Waals surface area contributed by atoms with Crippen LogP contribution in [0.5, 0.6) is 0 Å². The van der Waals surface area contributed by atoms with Gasteiger partial charge in [-0.1, -0.05) is 12.1 Å². The minimum Gasteiger partial charge on any atom is -0.390 e. The average Bonchev–Trinajstić information content (AvgIpc) is 2.67. The van der Waals surface area contributed by atoms with E-state index in [2.05, 4.69) is 0 Å². The van der Waals surface area contributed by atoms with Gasteiger partial charge >= 0.3 is 0 Å². The van der Waals surface area contributed by atoms with Crippen LogP contribution in [0, 0.1) is 0 Å². The summed E-state index contributed by atoms with van der Waals surface area (Å²) in [6.45, 7) is 0. The quantitative estimate of drug-likeness (QED) is 0.724. The molecule has 0 spiro atoms. The number of hydrogen-bond donors (Lipinski definition) is 2. The second kappa shape index (κ2) is 4.43. The summed E-state index contributed by atoms with van der Waals surface area (Å²) in [7, 11) is 0. The molecule has 0 radical (unpaired) electrons. The zero-order valence-electron chi connectivity index (χ0n) is 10.3. The van der Waals surface area contributed by atoms with Gasteiger partial charge in [0.2, 0.25) is 0 Å². The smallest absolute Gasteiger partial charge is 0.261 e. The van der Waals surface area contributed by atoms with Gasteiger partial charge in [-0.3, -0.25) is 14.5 Å². The number of nitrogens with zero attached hydrogens (tertiary/aromatic N) is 1. The number of aliphatic hydroxyl groups excluding tert-OH is 2. The lowest BCUT2D eigenvalue weighted by atomic mass is 9.89. The van der Waals surface area contributed by atoms with Crippen LogP contribution in [0.1, 0.15) is 40.0 Å². The van der Waals surface area contributed by atoms with Crippen LogP contribution in [0.25, 0.3) is 0 Å². The van der Waals surface area contributed by atoms with Crippen molar-refractivity contribution in [1.29, 1.82) is 0 Å². The lowest BCUT2D eigenvalue weighted by Gasteiger charge is -2.36. The van der Waals surface area contributed by atoms with Crippen molar-refractivity contribution in [2.24, 2.45) is 0 Å². The first-order valence-electron chi connectivity index (χ1n) is 6.44. The van der Waals surface area contributed by atoms with Crippen molar-refractivity contribution in [3.63, 3.8) is 0 Å². The molecule has 1 heterocycles. The van der Waals surface area contributed by atoms with E-state index in [1.165, 1.54) is 0 Å². The Morgan fingerprint density at radius 2 is 1.58 bits per heavy atom. The average molecular weight is 261 g/mol. The summed E-state index contributed by atoms with van der Waals surface area (Å²) >= 11 is 0. The van der Waals surface area contributed by atoms with Crippen molar-refractivity contribution in [2.45, 2.75) is 37.5 Å². The van der Waals surface area contributed by atoms with E-state index in [1.54, 1.807) is 24.3 Å². The number of fused-ring (bicyclic) bond motifs is 1.